The SMILES string of the molecule is CCOC(=O)C(C)(C)Cc1cc2nc(OCc3ccccn3)ccc2n1C/C(C)=C/C=C(\C)Cl. The van der Waals surface area contributed by atoms with Crippen LogP contribution in [0.1, 0.15) is 46.0 Å². The van der Waals surface area contributed by atoms with Crippen molar-refractivity contribution in [2.45, 2.75) is 54.2 Å². The van der Waals surface area contributed by atoms with Crippen molar-refractivity contribution in [3.8, 4) is 5.88 Å². The van der Waals surface area contributed by atoms with Crippen molar-refractivity contribution in [3.05, 3.63) is 76.7 Å². The minimum atomic E-state index is -0.676. The molecule has 3 heterocycles. The summed E-state index contributed by atoms with van der Waals surface area (Å²) in [4.78, 5) is 21.6. The van der Waals surface area contributed by atoms with E-state index in [2.05, 4.69) is 16.5 Å². The quantitative estimate of drug-likeness (QED) is 0.253. The number of hydrogen-bond donors (Lipinski definition) is 0. The van der Waals surface area contributed by atoms with Gasteiger partial charge in [-0.25, -0.2) is 4.98 Å². The molecule has 0 saturated carbocycles. The Morgan fingerprint density at radius 3 is 2.65 bits per heavy atom. The minimum absolute atomic E-state index is 0.216. The van der Waals surface area contributed by atoms with Crippen LogP contribution in [0.15, 0.2) is 65.4 Å². The van der Waals surface area contributed by atoms with Crippen LogP contribution in [-0.4, -0.2) is 27.1 Å². The lowest BCUT2D eigenvalue weighted by Gasteiger charge is -2.23. The van der Waals surface area contributed by atoms with Crippen LogP contribution in [0.2, 0.25) is 0 Å². The average molecular weight is 482 g/mol. The van der Waals surface area contributed by atoms with Crippen molar-refractivity contribution >= 4 is 28.6 Å². The smallest absolute Gasteiger partial charge is 0.311 e. The number of nitrogens with zero attached hydrogens (tertiary/aromatic N) is 3. The zero-order chi connectivity index (χ0) is 24.7. The van der Waals surface area contributed by atoms with E-state index < -0.39 is 5.41 Å². The third-order valence-electron chi connectivity index (χ3n) is 5.37. The van der Waals surface area contributed by atoms with Gasteiger partial charge in [0.05, 0.1) is 28.7 Å². The van der Waals surface area contributed by atoms with Gasteiger partial charge >= 0.3 is 5.97 Å². The predicted octanol–water partition coefficient (Wildman–Crippen LogP) is 6.23. The maximum atomic E-state index is 12.6. The van der Waals surface area contributed by atoms with Gasteiger partial charge in [0.25, 0.3) is 0 Å². The standard InChI is InChI=1S/C27H32ClN3O3/c1-6-33-26(32)27(4,5)16-22-15-23-24(31(22)17-19(2)10-11-20(3)28)12-13-25(30-23)34-18-21-9-7-8-14-29-21/h7-15H,6,16-18H2,1-5H3/b19-10+,20-11+. The summed E-state index contributed by atoms with van der Waals surface area (Å²) in [7, 11) is 0. The zero-order valence-corrected chi connectivity index (χ0v) is 21.2. The Labute approximate surface area is 206 Å². The van der Waals surface area contributed by atoms with E-state index in [0.29, 0.717) is 32.1 Å². The van der Waals surface area contributed by atoms with Crippen LogP contribution in [0, 0.1) is 5.41 Å². The summed E-state index contributed by atoms with van der Waals surface area (Å²) in [5.41, 5.74) is 4.07. The van der Waals surface area contributed by atoms with Crippen LogP contribution in [-0.2, 0) is 29.1 Å². The number of aromatic nitrogens is 3. The summed E-state index contributed by atoms with van der Waals surface area (Å²) in [5, 5.41) is 0.719. The summed E-state index contributed by atoms with van der Waals surface area (Å²) >= 11 is 6.00. The Morgan fingerprint density at radius 1 is 1.18 bits per heavy atom. The van der Waals surface area contributed by atoms with Crippen molar-refractivity contribution in [2.24, 2.45) is 5.41 Å². The lowest BCUT2D eigenvalue weighted by molar-refractivity contribution is -0.153. The van der Waals surface area contributed by atoms with Crippen molar-refractivity contribution < 1.29 is 14.3 Å². The first-order chi connectivity index (χ1) is 16.2. The lowest BCUT2D eigenvalue weighted by Crippen LogP contribution is -2.30. The predicted molar refractivity (Wildman–Crippen MR) is 136 cm³/mol. The number of carbonyl (C=O) groups is 1. The summed E-state index contributed by atoms with van der Waals surface area (Å²) < 4.78 is 13.4. The average Bonchev–Trinajstić information content (AvgIpc) is 3.12. The second-order valence-corrected chi connectivity index (χ2v) is 9.53. The molecule has 3 aromatic heterocycles. The third-order valence-corrected chi connectivity index (χ3v) is 5.49. The van der Waals surface area contributed by atoms with Gasteiger partial charge in [-0.1, -0.05) is 29.3 Å². The normalized spacial score (nSPS) is 12.8. The van der Waals surface area contributed by atoms with Crippen LogP contribution in [0.5, 0.6) is 5.88 Å². The number of ether oxygens (including phenoxy) is 2. The summed E-state index contributed by atoms with van der Waals surface area (Å²) in [5.74, 6) is 0.312. The highest BCUT2D eigenvalue weighted by Crippen LogP contribution is 2.29. The number of pyridine rings is 2. The van der Waals surface area contributed by atoms with E-state index in [-0.39, 0.29) is 5.97 Å². The van der Waals surface area contributed by atoms with Crippen LogP contribution in [0.25, 0.3) is 11.0 Å². The molecule has 0 atom stereocenters. The molecule has 6 nitrogen and oxygen atoms in total. The van der Waals surface area contributed by atoms with Gasteiger partial charge < -0.3 is 14.0 Å². The van der Waals surface area contributed by atoms with E-state index in [0.717, 1.165) is 33.0 Å². The number of carbonyl (C=O) groups excluding carboxylic acids is 1. The molecule has 0 radical (unpaired) electrons. The van der Waals surface area contributed by atoms with Crippen molar-refractivity contribution in [3.63, 3.8) is 0 Å². The number of esters is 1. The fourth-order valence-electron chi connectivity index (χ4n) is 3.63. The molecule has 0 fully saturated rings. The Morgan fingerprint density at radius 2 is 1.97 bits per heavy atom. The van der Waals surface area contributed by atoms with Crippen LogP contribution in [0.4, 0.5) is 0 Å². The first-order valence-corrected chi connectivity index (χ1v) is 11.8. The Bertz CT molecular complexity index is 1190. The number of allylic oxidation sites excluding steroid dienone is 4. The number of hydrogen-bond acceptors (Lipinski definition) is 5. The second-order valence-electron chi connectivity index (χ2n) is 8.93. The second kappa shape index (κ2) is 11.3. The van der Waals surface area contributed by atoms with Gasteiger partial charge in [0.1, 0.15) is 6.61 Å². The van der Waals surface area contributed by atoms with Gasteiger partial charge in [0.2, 0.25) is 5.88 Å². The third kappa shape index (κ3) is 6.70. The highest BCUT2D eigenvalue weighted by atomic mass is 35.5. The van der Waals surface area contributed by atoms with E-state index in [9.17, 15) is 4.79 Å². The molecule has 3 aromatic rings. The zero-order valence-electron chi connectivity index (χ0n) is 20.5. The molecule has 0 aliphatic heterocycles. The largest absolute Gasteiger partial charge is 0.471 e. The lowest BCUT2D eigenvalue weighted by atomic mass is 9.88. The Balaban J connectivity index is 1.95. The van der Waals surface area contributed by atoms with Gasteiger partial charge in [0.15, 0.2) is 0 Å². The fraction of sp³-hybridized carbons (Fsp3) is 0.370. The topological polar surface area (TPSA) is 66.2 Å². The molecule has 0 aromatic carbocycles. The first kappa shape index (κ1) is 25.5. The minimum Gasteiger partial charge on any atom is -0.471 e. The molecule has 0 spiro atoms. The maximum Gasteiger partial charge on any atom is 0.311 e. The summed E-state index contributed by atoms with van der Waals surface area (Å²) in [6, 6.07) is 11.6. The highest BCUT2D eigenvalue weighted by molar-refractivity contribution is 6.29. The van der Waals surface area contributed by atoms with Gasteiger partial charge in [-0.05, 0) is 65.0 Å². The molecular formula is C27H32ClN3O3. The van der Waals surface area contributed by atoms with Crippen LogP contribution >= 0.6 is 11.6 Å². The number of fused-ring (bicyclic) bond motifs is 1. The molecule has 0 aliphatic rings. The molecule has 7 heteroatoms. The molecule has 3 rings (SSSR count). The molecule has 0 unspecified atom stereocenters. The summed E-state index contributed by atoms with van der Waals surface area (Å²) in [6.07, 6.45) is 6.15. The molecule has 0 bridgehead atoms. The maximum absolute atomic E-state index is 12.6. The van der Waals surface area contributed by atoms with E-state index in [1.165, 1.54) is 0 Å². The van der Waals surface area contributed by atoms with Crippen molar-refractivity contribution in [1.29, 1.82) is 0 Å². The molecule has 0 amide bonds. The van der Waals surface area contributed by atoms with E-state index >= 15 is 0 Å². The van der Waals surface area contributed by atoms with E-state index in [1.807, 2.05) is 76.2 Å². The Hall–Kier alpha value is -3.12. The van der Waals surface area contributed by atoms with Gasteiger partial charge in [-0.3, -0.25) is 9.78 Å². The van der Waals surface area contributed by atoms with Crippen molar-refractivity contribution in [2.75, 3.05) is 6.61 Å². The number of halogens is 1. The molecule has 0 N–H and O–H groups in total. The van der Waals surface area contributed by atoms with Crippen LogP contribution in [0.3, 0.4) is 0 Å². The molecule has 0 saturated heterocycles. The first-order valence-electron chi connectivity index (χ1n) is 11.4. The Kier molecular flexibility index (Phi) is 8.51. The van der Waals surface area contributed by atoms with Crippen molar-refractivity contribution in [1.82, 2.24) is 14.5 Å². The van der Waals surface area contributed by atoms with E-state index in [1.54, 1.807) is 6.20 Å². The monoisotopic (exact) mass is 481 g/mol. The number of rotatable bonds is 10. The summed E-state index contributed by atoms with van der Waals surface area (Å²) in [6.45, 7) is 10.9. The molecular weight excluding hydrogens is 450 g/mol. The van der Waals surface area contributed by atoms with Crippen LogP contribution < -0.4 is 4.74 Å². The van der Waals surface area contributed by atoms with Gasteiger partial charge in [-0.2, -0.15) is 0 Å². The highest BCUT2D eigenvalue weighted by Gasteiger charge is 2.31. The van der Waals surface area contributed by atoms with Gasteiger partial charge in [0, 0.05) is 36.0 Å². The molecule has 34 heavy (non-hydrogen) atoms. The molecule has 0 aliphatic carbocycles. The van der Waals surface area contributed by atoms with E-state index in [4.69, 9.17) is 26.1 Å². The fourth-order valence-corrected chi connectivity index (χ4v) is 3.69. The van der Waals surface area contributed by atoms with Gasteiger partial charge in [-0.15, -0.1) is 0 Å². The molecule has 180 valence electrons.